The van der Waals surface area contributed by atoms with Crippen LogP contribution in [0.25, 0.3) is 10.8 Å². The Hall–Kier alpha value is -3.14. The molecular formula is C25H28N4O4S. The lowest BCUT2D eigenvalue weighted by molar-refractivity contribution is -0.127. The van der Waals surface area contributed by atoms with E-state index in [9.17, 15) is 13.2 Å². The van der Waals surface area contributed by atoms with E-state index in [1.165, 1.54) is 4.31 Å². The zero-order chi connectivity index (χ0) is 23.9. The Morgan fingerprint density at radius 3 is 2.35 bits per heavy atom. The first kappa shape index (κ1) is 22.6. The lowest BCUT2D eigenvalue weighted by atomic mass is 10.0. The summed E-state index contributed by atoms with van der Waals surface area (Å²) in [6, 6.07) is 17.8. The van der Waals surface area contributed by atoms with Gasteiger partial charge in [0.1, 0.15) is 5.75 Å². The van der Waals surface area contributed by atoms with Gasteiger partial charge in [-0.15, -0.1) is 0 Å². The molecule has 1 N–H and O–H groups in total. The Kier molecular flexibility index (Phi) is 5.93. The minimum atomic E-state index is -3.93. The fourth-order valence-corrected chi connectivity index (χ4v) is 6.44. The molecule has 2 aliphatic heterocycles. The van der Waals surface area contributed by atoms with Gasteiger partial charge in [-0.3, -0.25) is 14.5 Å². The van der Waals surface area contributed by atoms with Crippen LogP contribution >= 0.6 is 0 Å². The second-order valence-electron chi connectivity index (χ2n) is 8.73. The lowest BCUT2D eigenvalue weighted by Crippen LogP contribution is -2.53. The minimum absolute atomic E-state index is 0.0572. The van der Waals surface area contributed by atoms with E-state index in [2.05, 4.69) is 17.4 Å². The van der Waals surface area contributed by atoms with Gasteiger partial charge in [0.2, 0.25) is 5.91 Å². The first-order valence-corrected chi connectivity index (χ1v) is 12.8. The number of amides is 1. The van der Waals surface area contributed by atoms with E-state index < -0.39 is 15.9 Å². The van der Waals surface area contributed by atoms with Crippen LogP contribution in [-0.4, -0.2) is 71.1 Å². The predicted octanol–water partition coefficient (Wildman–Crippen LogP) is 2.42. The number of para-hydroxylation sites is 1. The van der Waals surface area contributed by atoms with Gasteiger partial charge in [-0.05, 0) is 30.8 Å². The van der Waals surface area contributed by atoms with Crippen molar-refractivity contribution in [3.63, 3.8) is 0 Å². The predicted molar refractivity (Wildman–Crippen MR) is 131 cm³/mol. The van der Waals surface area contributed by atoms with Crippen molar-refractivity contribution in [3.05, 3.63) is 66.2 Å². The minimum Gasteiger partial charge on any atom is -0.496 e. The Labute approximate surface area is 199 Å². The van der Waals surface area contributed by atoms with Crippen LogP contribution in [0.5, 0.6) is 5.75 Å². The van der Waals surface area contributed by atoms with Crippen LogP contribution in [0.2, 0.25) is 0 Å². The first-order valence-electron chi connectivity index (χ1n) is 11.3. The molecule has 1 atom stereocenters. The summed E-state index contributed by atoms with van der Waals surface area (Å²) in [6.45, 7) is 3.26. The molecule has 2 heterocycles. The van der Waals surface area contributed by atoms with Gasteiger partial charge in [0.05, 0.1) is 30.2 Å². The molecule has 5 rings (SSSR count). The van der Waals surface area contributed by atoms with Crippen LogP contribution < -0.4 is 14.5 Å². The Bertz CT molecular complexity index is 1340. The summed E-state index contributed by atoms with van der Waals surface area (Å²) in [7, 11) is -0.314. The molecule has 0 spiro atoms. The van der Waals surface area contributed by atoms with Crippen LogP contribution in [0, 0.1) is 0 Å². The molecule has 34 heavy (non-hydrogen) atoms. The van der Waals surface area contributed by atoms with E-state index in [0.29, 0.717) is 16.8 Å². The highest BCUT2D eigenvalue weighted by Gasteiger charge is 2.40. The number of benzene rings is 3. The van der Waals surface area contributed by atoms with Crippen molar-refractivity contribution >= 4 is 32.4 Å². The van der Waals surface area contributed by atoms with E-state index in [1.54, 1.807) is 37.4 Å². The lowest BCUT2D eigenvalue weighted by Gasteiger charge is -2.33. The molecule has 3 aromatic carbocycles. The van der Waals surface area contributed by atoms with Crippen molar-refractivity contribution in [3.8, 4) is 5.75 Å². The summed E-state index contributed by atoms with van der Waals surface area (Å²) < 4.78 is 34.7. The molecule has 0 aromatic heterocycles. The molecule has 3 aromatic rings. The number of rotatable bonds is 5. The molecule has 1 fully saturated rings. The van der Waals surface area contributed by atoms with Gasteiger partial charge in [0, 0.05) is 37.0 Å². The van der Waals surface area contributed by atoms with Gasteiger partial charge < -0.3 is 9.64 Å². The number of hydrazine groups is 1. The molecule has 2 aliphatic rings. The van der Waals surface area contributed by atoms with Crippen LogP contribution in [0.3, 0.4) is 0 Å². The zero-order valence-electron chi connectivity index (χ0n) is 19.3. The van der Waals surface area contributed by atoms with Gasteiger partial charge >= 0.3 is 0 Å². The maximum atomic E-state index is 13.9. The third-order valence-corrected chi connectivity index (χ3v) is 8.49. The fraction of sp³-hybridized carbons (Fsp3) is 0.320. The standard InChI is InChI=1S/C25H28N4O4S/c1-27-13-15-28(16-14-27)26-25(30)21-17-29(22-10-6-5-7-18(21)22)34(31,32)24-12-11-23(33-2)19-8-3-4-9-20(19)24/h3-12,21H,13-17H2,1-2H3,(H,26,30). The number of ether oxygens (including phenoxy) is 1. The highest BCUT2D eigenvalue weighted by Crippen LogP contribution is 2.41. The van der Waals surface area contributed by atoms with Gasteiger partial charge in [0.15, 0.2) is 0 Å². The number of hydrogen-bond donors (Lipinski definition) is 1. The van der Waals surface area contributed by atoms with Crippen LogP contribution in [0.1, 0.15) is 11.5 Å². The molecule has 0 aliphatic carbocycles. The summed E-state index contributed by atoms with van der Waals surface area (Å²) in [5.41, 5.74) is 4.27. The average molecular weight is 481 g/mol. The number of methoxy groups -OCH3 is 1. The molecule has 1 unspecified atom stereocenters. The maximum absolute atomic E-state index is 13.9. The molecule has 0 radical (unpaired) electrons. The third-order valence-electron chi connectivity index (χ3n) is 6.65. The zero-order valence-corrected chi connectivity index (χ0v) is 20.1. The van der Waals surface area contributed by atoms with Gasteiger partial charge in [-0.2, -0.15) is 0 Å². The van der Waals surface area contributed by atoms with Gasteiger partial charge in [0.25, 0.3) is 10.0 Å². The van der Waals surface area contributed by atoms with Crippen molar-refractivity contribution in [2.45, 2.75) is 10.8 Å². The molecular weight excluding hydrogens is 452 g/mol. The number of carbonyl (C=O) groups excluding carboxylic acids is 1. The largest absolute Gasteiger partial charge is 0.496 e. The molecule has 8 nitrogen and oxygen atoms in total. The van der Waals surface area contributed by atoms with Crippen molar-refractivity contribution in [1.29, 1.82) is 0 Å². The number of fused-ring (bicyclic) bond motifs is 2. The van der Waals surface area contributed by atoms with Crippen LogP contribution in [0.4, 0.5) is 5.69 Å². The van der Waals surface area contributed by atoms with Crippen molar-refractivity contribution in [2.24, 2.45) is 0 Å². The highest BCUT2D eigenvalue weighted by molar-refractivity contribution is 7.93. The molecule has 0 saturated carbocycles. The van der Waals surface area contributed by atoms with Crippen LogP contribution in [0.15, 0.2) is 65.6 Å². The normalized spacial score (nSPS) is 19.2. The number of carbonyl (C=O) groups is 1. The van der Waals surface area contributed by atoms with Crippen molar-refractivity contribution in [2.75, 3.05) is 51.2 Å². The number of nitrogens with zero attached hydrogens (tertiary/aromatic N) is 3. The molecule has 178 valence electrons. The topological polar surface area (TPSA) is 82.2 Å². The highest BCUT2D eigenvalue weighted by atomic mass is 32.2. The van der Waals surface area contributed by atoms with E-state index in [1.807, 2.05) is 35.3 Å². The number of nitrogens with one attached hydrogen (secondary N) is 1. The van der Waals surface area contributed by atoms with E-state index in [0.717, 1.165) is 37.1 Å². The number of sulfonamides is 1. The van der Waals surface area contributed by atoms with E-state index >= 15 is 0 Å². The number of hydrogen-bond acceptors (Lipinski definition) is 6. The molecule has 1 saturated heterocycles. The summed E-state index contributed by atoms with van der Waals surface area (Å²) in [6.07, 6.45) is 0. The van der Waals surface area contributed by atoms with Crippen molar-refractivity contribution in [1.82, 2.24) is 15.3 Å². The van der Waals surface area contributed by atoms with Crippen molar-refractivity contribution < 1.29 is 17.9 Å². The monoisotopic (exact) mass is 480 g/mol. The second kappa shape index (κ2) is 8.90. The maximum Gasteiger partial charge on any atom is 0.264 e. The number of anilines is 1. The Morgan fingerprint density at radius 2 is 1.62 bits per heavy atom. The number of likely N-dealkylation sites (N-methyl/N-ethyl adjacent to an activating group) is 1. The summed E-state index contributed by atoms with van der Waals surface area (Å²) in [5, 5.41) is 3.23. The average Bonchev–Trinajstić information content (AvgIpc) is 3.25. The molecule has 0 bridgehead atoms. The van der Waals surface area contributed by atoms with Gasteiger partial charge in [-0.1, -0.05) is 42.5 Å². The Balaban J connectivity index is 1.49. The van der Waals surface area contributed by atoms with Gasteiger partial charge in [-0.25, -0.2) is 13.4 Å². The summed E-state index contributed by atoms with van der Waals surface area (Å²) >= 11 is 0. The third kappa shape index (κ3) is 3.89. The summed E-state index contributed by atoms with van der Waals surface area (Å²) in [5.74, 6) is -0.162. The first-order chi connectivity index (χ1) is 16.4. The smallest absolute Gasteiger partial charge is 0.264 e. The van der Waals surface area contributed by atoms with Crippen LogP contribution in [-0.2, 0) is 14.8 Å². The summed E-state index contributed by atoms with van der Waals surface area (Å²) in [4.78, 5) is 15.7. The van der Waals surface area contributed by atoms with E-state index in [4.69, 9.17) is 4.74 Å². The quantitative estimate of drug-likeness (QED) is 0.604. The fourth-order valence-electron chi connectivity index (χ4n) is 4.74. The Morgan fingerprint density at radius 1 is 0.941 bits per heavy atom. The SMILES string of the molecule is COc1ccc(S(=O)(=O)N2CC(C(=O)NN3CCN(C)CC3)c3ccccc32)c2ccccc12. The number of piperazine rings is 1. The molecule has 1 amide bonds. The molecule has 9 heteroatoms. The van der Waals surface area contributed by atoms with E-state index in [-0.39, 0.29) is 17.3 Å². The second-order valence-corrected chi connectivity index (χ2v) is 10.6.